The van der Waals surface area contributed by atoms with Crippen LogP contribution in [-0.4, -0.2) is 70.1 Å². The summed E-state index contributed by atoms with van der Waals surface area (Å²) in [5, 5.41) is 33.3. The number of amides is 3. The van der Waals surface area contributed by atoms with Gasteiger partial charge in [-0.1, -0.05) is 31.0 Å². The van der Waals surface area contributed by atoms with Crippen LogP contribution in [0.2, 0.25) is 0 Å². The number of aliphatic hydroxyl groups excluding tert-OH is 2. The van der Waals surface area contributed by atoms with Crippen molar-refractivity contribution in [1.29, 1.82) is 0 Å². The molecule has 1 aliphatic rings. The highest BCUT2D eigenvalue weighted by Crippen LogP contribution is 2.33. The number of carbonyl (C=O) groups is 3. The maximum Gasteiger partial charge on any atom is 0.365 e. The first-order chi connectivity index (χ1) is 20.6. The number of ether oxygens (including phenoxy) is 1. The molecule has 1 aliphatic heterocycles. The van der Waals surface area contributed by atoms with Gasteiger partial charge in [0.2, 0.25) is 0 Å². The lowest BCUT2D eigenvalue weighted by Gasteiger charge is -2.24. The summed E-state index contributed by atoms with van der Waals surface area (Å²) in [5.41, 5.74) is 1.22. The Bertz CT molecular complexity index is 1230. The molecule has 0 unspecified atom stereocenters. The van der Waals surface area contributed by atoms with E-state index in [1.165, 1.54) is 13.0 Å². The Kier molecular flexibility index (Phi) is 12.9. The van der Waals surface area contributed by atoms with Crippen molar-refractivity contribution in [2.45, 2.75) is 84.0 Å². The largest absolute Gasteiger partial charge is 0.508 e. The smallest absolute Gasteiger partial charge is 0.365 e. The molecule has 1 heterocycles. The van der Waals surface area contributed by atoms with Gasteiger partial charge in [0.25, 0.3) is 5.91 Å². The molecule has 11 heteroatoms. The number of hydroxylamine groups is 2. The number of hydrogen-bond donors (Lipinski definition) is 4. The minimum absolute atomic E-state index is 0.0232. The van der Waals surface area contributed by atoms with Crippen molar-refractivity contribution < 1.29 is 39.3 Å². The lowest BCUT2D eigenvalue weighted by Crippen LogP contribution is -2.44. The van der Waals surface area contributed by atoms with Gasteiger partial charge in [-0.2, -0.15) is 0 Å². The van der Waals surface area contributed by atoms with Crippen LogP contribution >= 0.6 is 0 Å². The molecule has 2 aromatic carbocycles. The fraction of sp³-hybridized carbons (Fsp3) is 0.531. The van der Waals surface area contributed by atoms with Gasteiger partial charge in [0.1, 0.15) is 5.75 Å². The monoisotopic (exact) mass is 599 g/mol. The second-order valence-corrected chi connectivity index (χ2v) is 11.3. The lowest BCUT2D eigenvalue weighted by molar-refractivity contribution is -0.187. The van der Waals surface area contributed by atoms with Crippen LogP contribution in [-0.2, 0) is 32.2 Å². The Morgan fingerprint density at radius 2 is 1.72 bits per heavy atom. The van der Waals surface area contributed by atoms with Gasteiger partial charge < -0.3 is 30.2 Å². The summed E-state index contributed by atoms with van der Waals surface area (Å²) < 4.78 is 5.78. The number of imide groups is 1. The Labute approximate surface area is 253 Å². The lowest BCUT2D eigenvalue weighted by atomic mass is 10.0. The van der Waals surface area contributed by atoms with E-state index in [4.69, 9.17) is 9.57 Å². The quantitative estimate of drug-likeness (QED) is 0.147. The van der Waals surface area contributed by atoms with Crippen molar-refractivity contribution in [3.63, 3.8) is 0 Å². The maximum atomic E-state index is 12.9. The Morgan fingerprint density at radius 1 is 1.00 bits per heavy atom. The molecule has 0 radical (unpaired) electrons. The first kappa shape index (κ1) is 34.0. The van der Waals surface area contributed by atoms with Crippen LogP contribution in [0.4, 0.5) is 10.5 Å². The van der Waals surface area contributed by atoms with Crippen LogP contribution < -0.4 is 10.2 Å². The molecule has 11 nitrogen and oxygen atoms in total. The van der Waals surface area contributed by atoms with Gasteiger partial charge in [-0.3, -0.25) is 9.59 Å². The highest BCUT2D eigenvalue weighted by atomic mass is 16.7. The van der Waals surface area contributed by atoms with E-state index in [1.54, 1.807) is 32.0 Å². The average molecular weight is 600 g/mol. The Hall–Kier alpha value is -3.51. The van der Waals surface area contributed by atoms with Crippen molar-refractivity contribution in [3.05, 3.63) is 59.2 Å². The van der Waals surface area contributed by atoms with Crippen molar-refractivity contribution >= 4 is 23.6 Å². The first-order valence-corrected chi connectivity index (χ1v) is 14.9. The summed E-state index contributed by atoms with van der Waals surface area (Å²) in [6, 6.07) is 11.4. The number of nitrogens with zero attached hydrogens (tertiary/aromatic N) is 2. The van der Waals surface area contributed by atoms with Crippen LogP contribution in [0.25, 0.3) is 0 Å². The number of rotatable bonds is 18. The third-order valence-corrected chi connectivity index (χ3v) is 7.38. The standard InChI is InChI=1S/C32H45N3O8/c1-23(37)43-35-31(41)34(30(40)32(35,2)3)27-13-10-12-24(19-27)11-6-9-18-42-17-8-5-4-7-16-33-21-29(39)25-14-15-28(38)26(20-25)22-36/h10,12-15,19-20,29,33,36,38-39H,4-9,11,16-18,21-22H2,1-3H3/t29-/m0/s1. The molecule has 4 N–H and O–H groups in total. The van der Waals surface area contributed by atoms with Crippen LogP contribution in [0.5, 0.6) is 5.75 Å². The molecule has 1 saturated heterocycles. The number of phenols is 1. The summed E-state index contributed by atoms with van der Waals surface area (Å²) in [4.78, 5) is 43.3. The second-order valence-electron chi connectivity index (χ2n) is 11.3. The SMILES string of the molecule is CC(=O)ON1C(=O)N(c2cccc(CCCCOCCCCCCNC[C@H](O)c3ccc(O)c(CO)c3)c2)C(=O)C1(C)C. The first-order valence-electron chi connectivity index (χ1n) is 14.9. The third kappa shape index (κ3) is 9.49. The minimum Gasteiger partial charge on any atom is -0.508 e. The van der Waals surface area contributed by atoms with E-state index in [9.17, 15) is 29.7 Å². The molecule has 2 aromatic rings. The number of nitrogens with one attached hydrogen (secondary N) is 1. The predicted molar refractivity (Wildman–Crippen MR) is 161 cm³/mol. The molecule has 0 spiro atoms. The molecule has 0 aromatic heterocycles. The van der Waals surface area contributed by atoms with Gasteiger partial charge in [0.05, 0.1) is 18.4 Å². The summed E-state index contributed by atoms with van der Waals surface area (Å²) >= 11 is 0. The van der Waals surface area contributed by atoms with Crippen LogP contribution in [0.1, 0.15) is 82.1 Å². The Balaban J connectivity index is 1.24. The summed E-state index contributed by atoms with van der Waals surface area (Å²) in [5.74, 6) is -1.10. The highest BCUT2D eigenvalue weighted by molar-refractivity contribution is 6.22. The van der Waals surface area contributed by atoms with E-state index in [0.717, 1.165) is 67.0 Å². The van der Waals surface area contributed by atoms with Gasteiger partial charge in [0.15, 0.2) is 5.54 Å². The van der Waals surface area contributed by atoms with Gasteiger partial charge in [-0.15, -0.1) is 5.06 Å². The average Bonchev–Trinajstić information content (AvgIpc) is 3.14. The van der Waals surface area contributed by atoms with Crippen molar-refractivity contribution in [1.82, 2.24) is 10.4 Å². The number of aliphatic hydroxyl groups is 2. The second kappa shape index (κ2) is 16.4. The minimum atomic E-state index is -1.29. The Morgan fingerprint density at radius 3 is 2.44 bits per heavy atom. The van der Waals surface area contributed by atoms with Gasteiger partial charge >= 0.3 is 12.0 Å². The normalized spacial score (nSPS) is 15.3. The number of anilines is 1. The van der Waals surface area contributed by atoms with Crippen LogP contribution in [0.15, 0.2) is 42.5 Å². The summed E-state index contributed by atoms with van der Waals surface area (Å²) in [6.07, 6.45) is 5.99. The molecule has 0 saturated carbocycles. The molecule has 3 amide bonds. The topological polar surface area (TPSA) is 149 Å². The molecule has 0 bridgehead atoms. The predicted octanol–water partition coefficient (Wildman–Crippen LogP) is 4.13. The van der Waals surface area contributed by atoms with E-state index in [-0.39, 0.29) is 12.4 Å². The van der Waals surface area contributed by atoms with Crippen LogP contribution in [0.3, 0.4) is 0 Å². The molecular formula is C32H45N3O8. The van der Waals surface area contributed by atoms with Gasteiger partial charge in [0, 0.05) is 32.2 Å². The number of carbonyl (C=O) groups excluding carboxylic acids is 3. The summed E-state index contributed by atoms with van der Waals surface area (Å²) in [6.45, 7) is 6.59. The maximum absolute atomic E-state index is 12.9. The van der Waals surface area contributed by atoms with Crippen molar-refractivity contribution in [3.8, 4) is 5.75 Å². The number of urea groups is 1. The fourth-order valence-corrected chi connectivity index (χ4v) is 4.88. The highest BCUT2D eigenvalue weighted by Gasteiger charge is 2.54. The van der Waals surface area contributed by atoms with Crippen molar-refractivity contribution in [2.24, 2.45) is 0 Å². The summed E-state index contributed by atoms with van der Waals surface area (Å²) in [7, 11) is 0. The molecule has 3 rings (SSSR count). The zero-order chi connectivity index (χ0) is 31.4. The molecular weight excluding hydrogens is 554 g/mol. The molecule has 0 aliphatic carbocycles. The van der Waals surface area contributed by atoms with E-state index in [0.29, 0.717) is 36.6 Å². The fourth-order valence-electron chi connectivity index (χ4n) is 4.88. The molecule has 236 valence electrons. The number of aryl methyl sites for hydroxylation is 1. The van der Waals surface area contributed by atoms with Crippen molar-refractivity contribution in [2.75, 3.05) is 31.2 Å². The van der Waals surface area contributed by atoms with E-state index in [1.807, 2.05) is 18.2 Å². The third-order valence-electron chi connectivity index (χ3n) is 7.38. The zero-order valence-corrected chi connectivity index (χ0v) is 25.4. The van der Waals surface area contributed by atoms with E-state index < -0.39 is 29.6 Å². The number of unbranched alkanes of at least 4 members (excludes halogenated alkanes) is 4. The molecule has 1 fully saturated rings. The van der Waals surface area contributed by atoms with Crippen LogP contribution in [0, 0.1) is 0 Å². The molecule has 1 atom stereocenters. The zero-order valence-electron chi connectivity index (χ0n) is 25.4. The van der Waals surface area contributed by atoms with Gasteiger partial charge in [-0.05, 0) is 87.9 Å². The van der Waals surface area contributed by atoms with Gasteiger partial charge in [-0.25, -0.2) is 9.69 Å². The van der Waals surface area contributed by atoms with E-state index in [2.05, 4.69) is 5.32 Å². The number of benzene rings is 2. The molecule has 43 heavy (non-hydrogen) atoms. The van der Waals surface area contributed by atoms with E-state index >= 15 is 0 Å². The number of hydrogen-bond acceptors (Lipinski definition) is 9. The number of aromatic hydroxyl groups is 1.